The number of carbonyl (C=O) groups excluding carboxylic acids is 2. The lowest BCUT2D eigenvalue weighted by atomic mass is 9.87. The van der Waals surface area contributed by atoms with Gasteiger partial charge in [-0.2, -0.15) is 9.98 Å². The van der Waals surface area contributed by atoms with Crippen LogP contribution in [0.25, 0.3) is 0 Å². The van der Waals surface area contributed by atoms with Crippen LogP contribution in [0.5, 0.6) is 0 Å². The molecule has 0 unspecified atom stereocenters. The molecule has 2 rings (SSSR count). The van der Waals surface area contributed by atoms with Gasteiger partial charge in [0.15, 0.2) is 6.61 Å². The summed E-state index contributed by atoms with van der Waals surface area (Å²) < 4.78 is 31.1. The molecule has 1 aromatic carbocycles. The zero-order chi connectivity index (χ0) is 19.9. The van der Waals surface area contributed by atoms with Crippen LogP contribution in [0.3, 0.4) is 0 Å². The topological polar surface area (TPSA) is 125 Å². The molecule has 1 aliphatic rings. The van der Waals surface area contributed by atoms with E-state index >= 15 is 0 Å². The smallest absolute Gasteiger partial charge is 0.321 e. The van der Waals surface area contributed by atoms with E-state index in [4.69, 9.17) is 10.00 Å². The lowest BCUT2D eigenvalue weighted by Crippen LogP contribution is -2.40. The zero-order valence-corrected chi connectivity index (χ0v) is 15.9. The van der Waals surface area contributed by atoms with Crippen molar-refractivity contribution >= 4 is 21.9 Å². The lowest BCUT2D eigenvalue weighted by Gasteiger charge is -2.26. The number of esters is 1. The van der Waals surface area contributed by atoms with Gasteiger partial charge in [0.1, 0.15) is 6.54 Å². The average molecular weight is 393 g/mol. The van der Waals surface area contributed by atoms with Crippen LogP contribution >= 0.6 is 0 Å². The summed E-state index contributed by atoms with van der Waals surface area (Å²) in [6.07, 6.45) is 3.93. The number of nitrogens with one attached hydrogen (secondary N) is 2. The Morgan fingerprint density at radius 1 is 1.19 bits per heavy atom. The molecule has 0 bridgehead atoms. The molecule has 8 nitrogen and oxygen atoms in total. The van der Waals surface area contributed by atoms with Gasteiger partial charge in [-0.3, -0.25) is 9.59 Å². The van der Waals surface area contributed by atoms with Crippen molar-refractivity contribution < 1.29 is 22.7 Å². The van der Waals surface area contributed by atoms with Crippen LogP contribution in [0.15, 0.2) is 29.2 Å². The molecule has 1 amide bonds. The minimum atomic E-state index is -3.91. The first-order valence-corrected chi connectivity index (χ1v) is 10.2. The highest BCUT2D eigenvalue weighted by Gasteiger charge is 2.21. The highest BCUT2D eigenvalue weighted by molar-refractivity contribution is 7.89. The molecule has 146 valence electrons. The number of sulfonamides is 1. The van der Waals surface area contributed by atoms with Gasteiger partial charge >= 0.3 is 5.97 Å². The Bertz CT molecular complexity index is 806. The fourth-order valence-electron chi connectivity index (χ4n) is 2.82. The number of hydrogen-bond donors (Lipinski definition) is 2. The first-order chi connectivity index (χ1) is 12.8. The molecule has 27 heavy (non-hydrogen) atoms. The van der Waals surface area contributed by atoms with E-state index in [0.29, 0.717) is 11.5 Å². The highest BCUT2D eigenvalue weighted by Crippen LogP contribution is 2.23. The quantitative estimate of drug-likeness (QED) is 0.668. The van der Waals surface area contributed by atoms with Crippen LogP contribution in [0.4, 0.5) is 0 Å². The largest absolute Gasteiger partial charge is 0.455 e. The van der Waals surface area contributed by atoms with E-state index < -0.39 is 35.1 Å². The number of ether oxygens (including phenoxy) is 1. The maximum absolute atomic E-state index is 12.1. The first-order valence-electron chi connectivity index (χ1n) is 8.75. The molecule has 2 N–H and O–H groups in total. The second-order valence-corrected chi connectivity index (χ2v) is 8.41. The summed E-state index contributed by atoms with van der Waals surface area (Å²) in [7, 11) is -3.91. The standard InChI is InChI=1S/C18H23N3O5S/c1-13-2-6-15(7-3-13)21-17(22)12-26-18(23)11-20-27(24,25)16-8-4-14(10-19)5-9-16/h4-5,8-9,13,15,20H,2-3,6-7,11-12H2,1H3,(H,21,22). The Balaban J connectivity index is 1.73. The predicted octanol–water partition coefficient (Wildman–Crippen LogP) is 1.07. The summed E-state index contributed by atoms with van der Waals surface area (Å²) in [5.74, 6) is -0.572. The number of nitriles is 1. The van der Waals surface area contributed by atoms with Crippen molar-refractivity contribution in [3.8, 4) is 6.07 Å². The van der Waals surface area contributed by atoms with Gasteiger partial charge in [-0.25, -0.2) is 8.42 Å². The molecule has 0 atom stereocenters. The Morgan fingerprint density at radius 2 is 1.81 bits per heavy atom. The maximum atomic E-state index is 12.1. The van der Waals surface area contributed by atoms with Crippen LogP contribution in [0.1, 0.15) is 38.2 Å². The third kappa shape index (κ3) is 6.66. The average Bonchev–Trinajstić information content (AvgIpc) is 2.66. The Labute approximate surface area is 158 Å². The molecule has 0 spiro atoms. The van der Waals surface area contributed by atoms with E-state index in [-0.39, 0.29) is 10.9 Å². The molecule has 1 aromatic rings. The van der Waals surface area contributed by atoms with Gasteiger partial charge in [0.25, 0.3) is 5.91 Å². The van der Waals surface area contributed by atoms with E-state index in [2.05, 4.69) is 17.0 Å². The van der Waals surface area contributed by atoms with E-state index in [1.165, 1.54) is 24.3 Å². The van der Waals surface area contributed by atoms with Crippen molar-refractivity contribution in [3.63, 3.8) is 0 Å². The Morgan fingerprint density at radius 3 is 2.41 bits per heavy atom. The minimum Gasteiger partial charge on any atom is -0.455 e. The lowest BCUT2D eigenvalue weighted by molar-refractivity contribution is -0.147. The Hall–Kier alpha value is -2.44. The fourth-order valence-corrected chi connectivity index (χ4v) is 3.79. The van der Waals surface area contributed by atoms with Crippen LogP contribution in [-0.4, -0.2) is 39.5 Å². The van der Waals surface area contributed by atoms with Crippen LogP contribution in [0, 0.1) is 17.2 Å². The molecule has 0 aliphatic heterocycles. The van der Waals surface area contributed by atoms with Crippen LogP contribution in [0.2, 0.25) is 0 Å². The minimum absolute atomic E-state index is 0.0708. The van der Waals surface area contributed by atoms with Crippen molar-refractivity contribution in [3.05, 3.63) is 29.8 Å². The molecule has 0 radical (unpaired) electrons. The number of carbonyl (C=O) groups is 2. The van der Waals surface area contributed by atoms with Gasteiger partial charge in [-0.05, 0) is 55.9 Å². The summed E-state index contributed by atoms with van der Waals surface area (Å²) in [6.45, 7) is 1.15. The van der Waals surface area contributed by atoms with E-state index in [1.54, 1.807) is 0 Å². The van der Waals surface area contributed by atoms with Gasteiger partial charge in [0, 0.05) is 6.04 Å². The number of benzene rings is 1. The zero-order valence-electron chi connectivity index (χ0n) is 15.1. The predicted molar refractivity (Wildman–Crippen MR) is 96.9 cm³/mol. The summed E-state index contributed by atoms with van der Waals surface area (Å²) in [6, 6.07) is 7.25. The molecule has 9 heteroatoms. The van der Waals surface area contributed by atoms with Gasteiger partial charge in [-0.1, -0.05) is 6.92 Å². The molecule has 0 heterocycles. The molecule has 1 fully saturated rings. The molecule has 0 aromatic heterocycles. The van der Waals surface area contributed by atoms with E-state index in [0.717, 1.165) is 25.7 Å². The van der Waals surface area contributed by atoms with Gasteiger partial charge in [0.2, 0.25) is 10.0 Å². The maximum Gasteiger partial charge on any atom is 0.321 e. The number of amides is 1. The monoisotopic (exact) mass is 393 g/mol. The van der Waals surface area contributed by atoms with E-state index in [1.807, 2.05) is 6.07 Å². The Kier molecular flexibility index (Phi) is 7.33. The van der Waals surface area contributed by atoms with Crippen LogP contribution < -0.4 is 10.0 Å². The molecular weight excluding hydrogens is 370 g/mol. The summed E-state index contributed by atoms with van der Waals surface area (Å²) in [4.78, 5) is 23.4. The number of nitrogens with zero attached hydrogens (tertiary/aromatic N) is 1. The summed E-state index contributed by atoms with van der Waals surface area (Å²) >= 11 is 0. The molecule has 1 saturated carbocycles. The van der Waals surface area contributed by atoms with Gasteiger partial charge in [-0.15, -0.1) is 0 Å². The number of hydrogen-bond acceptors (Lipinski definition) is 6. The van der Waals surface area contributed by atoms with Gasteiger partial charge in [0.05, 0.1) is 16.5 Å². The molecule has 1 aliphatic carbocycles. The molecule has 0 saturated heterocycles. The van der Waals surface area contributed by atoms with Gasteiger partial charge < -0.3 is 10.1 Å². The summed E-state index contributed by atoms with van der Waals surface area (Å²) in [5.41, 5.74) is 0.326. The first kappa shape index (κ1) is 20.9. The van der Waals surface area contributed by atoms with Crippen molar-refractivity contribution in [2.75, 3.05) is 13.2 Å². The van der Waals surface area contributed by atoms with Crippen LogP contribution in [-0.2, 0) is 24.3 Å². The third-order valence-electron chi connectivity index (χ3n) is 4.45. The van der Waals surface area contributed by atoms with Crippen molar-refractivity contribution in [2.45, 2.75) is 43.5 Å². The van der Waals surface area contributed by atoms with Crippen molar-refractivity contribution in [2.24, 2.45) is 5.92 Å². The fraction of sp³-hybridized carbons (Fsp3) is 0.500. The second kappa shape index (κ2) is 9.48. The van der Waals surface area contributed by atoms with Crippen molar-refractivity contribution in [1.29, 1.82) is 5.26 Å². The summed E-state index contributed by atoms with van der Waals surface area (Å²) in [5, 5.41) is 11.5. The molecular formula is C18H23N3O5S. The number of rotatable bonds is 7. The normalized spacial score (nSPS) is 19.7. The van der Waals surface area contributed by atoms with Crippen molar-refractivity contribution in [1.82, 2.24) is 10.0 Å². The third-order valence-corrected chi connectivity index (χ3v) is 5.86. The second-order valence-electron chi connectivity index (χ2n) is 6.65. The highest BCUT2D eigenvalue weighted by atomic mass is 32.2. The SMILES string of the molecule is CC1CCC(NC(=O)COC(=O)CNS(=O)(=O)c2ccc(C#N)cc2)CC1. The van der Waals surface area contributed by atoms with E-state index in [9.17, 15) is 18.0 Å².